The van der Waals surface area contributed by atoms with Crippen LogP contribution in [0.3, 0.4) is 0 Å². The Morgan fingerprint density at radius 1 is 1.67 bits per heavy atom. The standard InChI is InChI=1S/C7H14N4O/c1-5(12-2)3-4-6-9-7(8)11-10-6/h5H,3-4H2,1-2H3,(H3,8,9,10,11). The highest BCUT2D eigenvalue weighted by Crippen LogP contribution is 2.02. The highest BCUT2D eigenvalue weighted by atomic mass is 16.5. The van der Waals surface area contributed by atoms with Crippen molar-refractivity contribution in [2.75, 3.05) is 12.8 Å². The summed E-state index contributed by atoms with van der Waals surface area (Å²) in [6.07, 6.45) is 1.99. The van der Waals surface area contributed by atoms with Gasteiger partial charge >= 0.3 is 0 Å². The third-order valence-electron chi connectivity index (χ3n) is 1.74. The number of methoxy groups -OCH3 is 1. The van der Waals surface area contributed by atoms with E-state index in [4.69, 9.17) is 10.5 Å². The van der Waals surface area contributed by atoms with Crippen LogP contribution in [0.5, 0.6) is 0 Å². The molecule has 0 bridgehead atoms. The molecule has 0 aromatic carbocycles. The van der Waals surface area contributed by atoms with Crippen LogP contribution in [0.4, 0.5) is 5.95 Å². The number of H-pyrrole nitrogens is 1. The monoisotopic (exact) mass is 170 g/mol. The fourth-order valence-electron chi connectivity index (χ4n) is 0.880. The Balaban J connectivity index is 2.33. The van der Waals surface area contributed by atoms with Crippen LogP contribution >= 0.6 is 0 Å². The van der Waals surface area contributed by atoms with Crippen LogP contribution in [0, 0.1) is 0 Å². The van der Waals surface area contributed by atoms with E-state index >= 15 is 0 Å². The van der Waals surface area contributed by atoms with Gasteiger partial charge in [-0.3, -0.25) is 5.10 Å². The maximum absolute atomic E-state index is 5.33. The van der Waals surface area contributed by atoms with Gasteiger partial charge in [0.15, 0.2) is 0 Å². The Kier molecular flexibility index (Phi) is 3.04. The van der Waals surface area contributed by atoms with Gasteiger partial charge in [-0.05, 0) is 13.3 Å². The third kappa shape index (κ3) is 2.50. The largest absolute Gasteiger partial charge is 0.382 e. The van der Waals surface area contributed by atoms with Crippen molar-refractivity contribution in [1.29, 1.82) is 0 Å². The second-order valence-electron chi connectivity index (χ2n) is 2.73. The normalized spacial score (nSPS) is 13.2. The number of rotatable bonds is 4. The molecular weight excluding hydrogens is 156 g/mol. The predicted molar refractivity (Wildman–Crippen MR) is 45.6 cm³/mol. The Morgan fingerprint density at radius 3 is 2.92 bits per heavy atom. The second-order valence-corrected chi connectivity index (χ2v) is 2.73. The summed E-state index contributed by atoms with van der Waals surface area (Å²) >= 11 is 0. The third-order valence-corrected chi connectivity index (χ3v) is 1.74. The average molecular weight is 170 g/mol. The summed E-state index contributed by atoms with van der Waals surface area (Å²) in [7, 11) is 1.69. The molecule has 1 aromatic rings. The number of nitrogens with two attached hydrogens (primary N) is 1. The predicted octanol–water partition coefficient (Wildman–Crippen LogP) is 0.354. The summed E-state index contributed by atoms with van der Waals surface area (Å²) in [6.45, 7) is 2.01. The lowest BCUT2D eigenvalue weighted by atomic mass is 10.2. The first-order valence-electron chi connectivity index (χ1n) is 3.92. The summed E-state index contributed by atoms with van der Waals surface area (Å²) < 4.78 is 5.09. The number of aryl methyl sites for hydroxylation is 1. The minimum absolute atomic E-state index is 0.247. The molecule has 5 heteroatoms. The number of aromatic amines is 1. The molecule has 1 heterocycles. The Labute approximate surface area is 71.3 Å². The van der Waals surface area contributed by atoms with Crippen molar-refractivity contribution >= 4 is 5.95 Å². The summed E-state index contributed by atoms with van der Waals surface area (Å²) in [5.41, 5.74) is 5.33. The average Bonchev–Trinajstić information content (AvgIpc) is 2.47. The number of nitrogens with one attached hydrogen (secondary N) is 1. The zero-order chi connectivity index (χ0) is 8.97. The van der Waals surface area contributed by atoms with Gasteiger partial charge in [0.25, 0.3) is 0 Å². The second kappa shape index (κ2) is 4.06. The van der Waals surface area contributed by atoms with Crippen LogP contribution in [0.25, 0.3) is 0 Å². The van der Waals surface area contributed by atoms with Gasteiger partial charge in [-0.2, -0.15) is 4.98 Å². The zero-order valence-corrected chi connectivity index (χ0v) is 7.37. The number of hydrogen-bond donors (Lipinski definition) is 2. The molecule has 0 saturated carbocycles. The van der Waals surface area contributed by atoms with E-state index in [9.17, 15) is 0 Å². The smallest absolute Gasteiger partial charge is 0.239 e. The molecule has 0 radical (unpaired) electrons. The molecular formula is C7H14N4O. The number of nitrogen functional groups attached to an aromatic ring is 1. The number of aromatic nitrogens is 3. The molecule has 1 atom stereocenters. The van der Waals surface area contributed by atoms with Crippen LogP contribution in [-0.2, 0) is 11.2 Å². The van der Waals surface area contributed by atoms with Gasteiger partial charge in [0.2, 0.25) is 5.95 Å². The van der Waals surface area contributed by atoms with Gasteiger partial charge in [0.05, 0.1) is 6.10 Å². The van der Waals surface area contributed by atoms with Crippen LogP contribution in [0.1, 0.15) is 19.2 Å². The fourth-order valence-corrected chi connectivity index (χ4v) is 0.880. The quantitative estimate of drug-likeness (QED) is 0.683. The van der Waals surface area contributed by atoms with Crippen LogP contribution in [0.15, 0.2) is 0 Å². The van der Waals surface area contributed by atoms with Crippen molar-refractivity contribution < 1.29 is 4.74 Å². The molecule has 0 fully saturated rings. The van der Waals surface area contributed by atoms with Gasteiger partial charge in [0.1, 0.15) is 5.82 Å². The Hall–Kier alpha value is -1.10. The van der Waals surface area contributed by atoms with E-state index in [-0.39, 0.29) is 6.10 Å². The van der Waals surface area contributed by atoms with E-state index in [0.29, 0.717) is 5.95 Å². The van der Waals surface area contributed by atoms with Crippen molar-refractivity contribution in [1.82, 2.24) is 15.2 Å². The van der Waals surface area contributed by atoms with Crippen molar-refractivity contribution in [3.05, 3.63) is 5.82 Å². The molecule has 3 N–H and O–H groups in total. The molecule has 1 aromatic heterocycles. The molecule has 0 aliphatic heterocycles. The van der Waals surface area contributed by atoms with Crippen LogP contribution in [0.2, 0.25) is 0 Å². The fraction of sp³-hybridized carbons (Fsp3) is 0.714. The molecule has 0 aliphatic carbocycles. The molecule has 0 amide bonds. The topological polar surface area (TPSA) is 76.8 Å². The first kappa shape index (κ1) is 8.99. The number of nitrogens with zero attached hydrogens (tertiary/aromatic N) is 2. The summed E-state index contributed by atoms with van der Waals surface area (Å²) in [5.74, 6) is 1.12. The molecule has 12 heavy (non-hydrogen) atoms. The number of hydrogen-bond acceptors (Lipinski definition) is 4. The van der Waals surface area contributed by atoms with E-state index in [1.807, 2.05) is 6.92 Å². The minimum Gasteiger partial charge on any atom is -0.382 e. The van der Waals surface area contributed by atoms with Crippen molar-refractivity contribution in [3.63, 3.8) is 0 Å². The lowest BCUT2D eigenvalue weighted by molar-refractivity contribution is 0.111. The molecule has 5 nitrogen and oxygen atoms in total. The molecule has 0 aliphatic rings. The van der Waals surface area contributed by atoms with Gasteiger partial charge in [-0.1, -0.05) is 0 Å². The number of ether oxygens (including phenoxy) is 1. The summed E-state index contributed by atoms with van der Waals surface area (Å²) in [4.78, 5) is 3.97. The van der Waals surface area contributed by atoms with E-state index in [2.05, 4.69) is 15.2 Å². The molecule has 0 spiro atoms. The van der Waals surface area contributed by atoms with E-state index < -0.39 is 0 Å². The maximum Gasteiger partial charge on any atom is 0.239 e. The summed E-state index contributed by atoms with van der Waals surface area (Å²) in [6, 6.07) is 0. The van der Waals surface area contributed by atoms with E-state index in [1.54, 1.807) is 7.11 Å². The zero-order valence-electron chi connectivity index (χ0n) is 7.37. The van der Waals surface area contributed by atoms with E-state index in [0.717, 1.165) is 18.7 Å². The molecule has 68 valence electrons. The Bertz CT molecular complexity index is 235. The highest BCUT2D eigenvalue weighted by Gasteiger charge is 2.03. The number of anilines is 1. The molecule has 1 rings (SSSR count). The van der Waals surface area contributed by atoms with Crippen molar-refractivity contribution in [2.45, 2.75) is 25.9 Å². The van der Waals surface area contributed by atoms with Gasteiger partial charge in [-0.25, -0.2) is 0 Å². The van der Waals surface area contributed by atoms with E-state index in [1.165, 1.54) is 0 Å². The first-order valence-corrected chi connectivity index (χ1v) is 3.92. The van der Waals surface area contributed by atoms with Gasteiger partial charge in [0, 0.05) is 13.5 Å². The minimum atomic E-state index is 0.247. The van der Waals surface area contributed by atoms with Crippen molar-refractivity contribution in [2.24, 2.45) is 0 Å². The SMILES string of the molecule is COC(C)CCc1nc(N)n[nH]1. The van der Waals surface area contributed by atoms with Gasteiger partial charge in [-0.15, -0.1) is 5.10 Å². The Morgan fingerprint density at radius 2 is 2.42 bits per heavy atom. The summed E-state index contributed by atoms with van der Waals surface area (Å²) in [5, 5.41) is 6.46. The molecule has 1 unspecified atom stereocenters. The highest BCUT2D eigenvalue weighted by molar-refractivity contribution is 5.12. The van der Waals surface area contributed by atoms with Crippen LogP contribution < -0.4 is 5.73 Å². The van der Waals surface area contributed by atoms with Crippen molar-refractivity contribution in [3.8, 4) is 0 Å². The van der Waals surface area contributed by atoms with Crippen LogP contribution in [-0.4, -0.2) is 28.4 Å². The molecule has 0 saturated heterocycles. The maximum atomic E-state index is 5.33. The first-order chi connectivity index (χ1) is 5.72. The van der Waals surface area contributed by atoms with Gasteiger partial charge < -0.3 is 10.5 Å². The lowest BCUT2D eigenvalue weighted by Crippen LogP contribution is -2.06. The lowest BCUT2D eigenvalue weighted by Gasteiger charge is -2.06.